The van der Waals surface area contributed by atoms with E-state index in [4.69, 9.17) is 5.73 Å². The van der Waals surface area contributed by atoms with E-state index in [1.54, 1.807) is 0 Å². The molecule has 1 rings (SSSR count). The van der Waals surface area contributed by atoms with Gasteiger partial charge < -0.3 is 5.73 Å². The monoisotopic (exact) mass is 247 g/mol. The molecule has 2 heteroatoms. The fourth-order valence-corrected chi connectivity index (χ4v) is 2.03. The van der Waals surface area contributed by atoms with Gasteiger partial charge in [0.2, 0.25) is 5.91 Å². The largest absolute Gasteiger partial charge is 0.370 e. The Morgan fingerprint density at radius 1 is 1.22 bits per heavy atom. The van der Waals surface area contributed by atoms with E-state index in [2.05, 4.69) is 52.0 Å². The Balaban J connectivity index is 2.52. The highest BCUT2D eigenvalue weighted by atomic mass is 16.1. The first-order valence-electron chi connectivity index (χ1n) is 6.67. The lowest BCUT2D eigenvalue weighted by atomic mass is 9.86. The minimum Gasteiger partial charge on any atom is -0.370 e. The summed E-state index contributed by atoms with van der Waals surface area (Å²) >= 11 is 0. The second-order valence-electron chi connectivity index (χ2n) is 6.26. The summed E-state index contributed by atoms with van der Waals surface area (Å²) < 4.78 is 0. The number of carbonyl (C=O) groups excluding carboxylic acids is 1. The van der Waals surface area contributed by atoms with Crippen molar-refractivity contribution < 1.29 is 4.79 Å². The van der Waals surface area contributed by atoms with Gasteiger partial charge in [-0.15, -0.1) is 0 Å². The van der Waals surface area contributed by atoms with Crippen LogP contribution in [0.5, 0.6) is 0 Å². The summed E-state index contributed by atoms with van der Waals surface area (Å²) in [6.07, 6.45) is 2.51. The van der Waals surface area contributed by atoms with Gasteiger partial charge in [0, 0.05) is 6.42 Å². The van der Waals surface area contributed by atoms with Crippen molar-refractivity contribution in [3.8, 4) is 0 Å². The third-order valence-electron chi connectivity index (χ3n) is 3.30. The summed E-state index contributed by atoms with van der Waals surface area (Å²) in [6.45, 7) is 8.74. The number of primary amides is 1. The van der Waals surface area contributed by atoms with Crippen molar-refractivity contribution in [3.05, 3.63) is 35.4 Å². The maximum atomic E-state index is 10.8. The average Bonchev–Trinajstić information content (AvgIpc) is 2.25. The van der Waals surface area contributed by atoms with E-state index in [9.17, 15) is 4.79 Å². The molecule has 0 aromatic heterocycles. The first-order chi connectivity index (χ1) is 8.29. The lowest BCUT2D eigenvalue weighted by Gasteiger charge is -2.19. The van der Waals surface area contributed by atoms with E-state index in [1.165, 1.54) is 11.1 Å². The molecule has 1 aromatic carbocycles. The van der Waals surface area contributed by atoms with Gasteiger partial charge in [-0.1, -0.05) is 52.0 Å². The van der Waals surface area contributed by atoms with Crippen molar-refractivity contribution in [2.45, 2.75) is 52.4 Å². The second-order valence-corrected chi connectivity index (χ2v) is 6.26. The fraction of sp³-hybridized carbons (Fsp3) is 0.562. The zero-order chi connectivity index (χ0) is 13.8. The third-order valence-corrected chi connectivity index (χ3v) is 3.30. The number of nitrogens with two attached hydrogens (primary N) is 1. The molecular weight excluding hydrogens is 222 g/mol. The SMILES string of the molecule is CC(CCc1ccc(C(C)(C)C)cc1)CC(N)=O. The van der Waals surface area contributed by atoms with E-state index in [0.717, 1.165) is 12.8 Å². The Kier molecular flexibility index (Phi) is 4.94. The van der Waals surface area contributed by atoms with Crippen LogP contribution >= 0.6 is 0 Å². The normalized spacial score (nSPS) is 13.3. The van der Waals surface area contributed by atoms with Crippen LogP contribution in [0.2, 0.25) is 0 Å². The molecule has 18 heavy (non-hydrogen) atoms. The zero-order valence-corrected chi connectivity index (χ0v) is 12.0. The van der Waals surface area contributed by atoms with Crippen LogP contribution in [0.3, 0.4) is 0 Å². The molecule has 0 aliphatic carbocycles. The molecule has 0 fully saturated rings. The van der Waals surface area contributed by atoms with Gasteiger partial charge in [0.25, 0.3) is 0 Å². The van der Waals surface area contributed by atoms with Gasteiger partial charge in [0.1, 0.15) is 0 Å². The number of hydrogen-bond donors (Lipinski definition) is 1. The van der Waals surface area contributed by atoms with Crippen molar-refractivity contribution in [2.75, 3.05) is 0 Å². The molecule has 100 valence electrons. The number of benzene rings is 1. The van der Waals surface area contributed by atoms with Crippen LogP contribution in [0.25, 0.3) is 0 Å². The highest BCUT2D eigenvalue weighted by Gasteiger charge is 2.13. The van der Waals surface area contributed by atoms with E-state index in [0.29, 0.717) is 12.3 Å². The third kappa shape index (κ3) is 4.91. The van der Waals surface area contributed by atoms with Gasteiger partial charge in [0.15, 0.2) is 0 Å². The Morgan fingerprint density at radius 2 is 1.78 bits per heavy atom. The minimum absolute atomic E-state index is 0.203. The molecule has 1 aromatic rings. The van der Waals surface area contributed by atoms with Crippen LogP contribution in [0.15, 0.2) is 24.3 Å². The van der Waals surface area contributed by atoms with E-state index < -0.39 is 0 Å². The number of rotatable bonds is 5. The molecular formula is C16H25NO. The summed E-state index contributed by atoms with van der Waals surface area (Å²) in [6, 6.07) is 8.79. The molecule has 2 N–H and O–H groups in total. The molecule has 1 amide bonds. The Morgan fingerprint density at radius 3 is 2.22 bits per heavy atom. The molecule has 0 aliphatic rings. The maximum absolute atomic E-state index is 10.8. The van der Waals surface area contributed by atoms with Crippen molar-refractivity contribution >= 4 is 5.91 Å². The molecule has 0 heterocycles. The van der Waals surface area contributed by atoms with Crippen LogP contribution < -0.4 is 5.73 Å². The highest BCUT2D eigenvalue weighted by Crippen LogP contribution is 2.23. The molecule has 1 unspecified atom stereocenters. The van der Waals surface area contributed by atoms with E-state index in [1.807, 2.05) is 0 Å². The van der Waals surface area contributed by atoms with Crippen molar-refractivity contribution in [1.82, 2.24) is 0 Å². The van der Waals surface area contributed by atoms with E-state index in [-0.39, 0.29) is 11.3 Å². The number of amides is 1. The van der Waals surface area contributed by atoms with Crippen LogP contribution in [0, 0.1) is 5.92 Å². The lowest BCUT2D eigenvalue weighted by molar-refractivity contribution is -0.118. The molecule has 0 radical (unpaired) electrons. The minimum atomic E-state index is -0.203. The van der Waals surface area contributed by atoms with Gasteiger partial charge in [0.05, 0.1) is 0 Å². The summed E-state index contributed by atoms with van der Waals surface area (Å²) in [7, 11) is 0. The predicted molar refractivity (Wildman–Crippen MR) is 76.4 cm³/mol. The Bertz CT molecular complexity index is 387. The van der Waals surface area contributed by atoms with Gasteiger partial charge >= 0.3 is 0 Å². The summed E-state index contributed by atoms with van der Waals surface area (Å²) in [5.41, 5.74) is 8.09. The van der Waals surface area contributed by atoms with Crippen molar-refractivity contribution in [1.29, 1.82) is 0 Å². The first-order valence-corrected chi connectivity index (χ1v) is 6.67. The molecule has 0 saturated heterocycles. The number of hydrogen-bond acceptors (Lipinski definition) is 1. The molecule has 0 saturated carbocycles. The topological polar surface area (TPSA) is 43.1 Å². The van der Waals surface area contributed by atoms with Crippen molar-refractivity contribution in [2.24, 2.45) is 11.7 Å². The van der Waals surface area contributed by atoms with Gasteiger partial charge in [-0.3, -0.25) is 4.79 Å². The van der Waals surface area contributed by atoms with Gasteiger partial charge in [-0.05, 0) is 35.3 Å². The van der Waals surface area contributed by atoms with E-state index >= 15 is 0 Å². The zero-order valence-electron chi connectivity index (χ0n) is 12.0. The van der Waals surface area contributed by atoms with Gasteiger partial charge in [-0.2, -0.15) is 0 Å². The molecule has 0 bridgehead atoms. The van der Waals surface area contributed by atoms with Crippen molar-refractivity contribution in [3.63, 3.8) is 0 Å². The van der Waals surface area contributed by atoms with Crippen LogP contribution in [-0.4, -0.2) is 5.91 Å². The average molecular weight is 247 g/mol. The second kappa shape index (κ2) is 6.03. The maximum Gasteiger partial charge on any atom is 0.217 e. The summed E-state index contributed by atoms with van der Waals surface area (Å²) in [5, 5.41) is 0. The molecule has 0 aliphatic heterocycles. The highest BCUT2D eigenvalue weighted by molar-refractivity contribution is 5.73. The first kappa shape index (κ1) is 14.7. The van der Waals surface area contributed by atoms with Gasteiger partial charge in [-0.25, -0.2) is 0 Å². The number of aryl methyl sites for hydroxylation is 1. The molecule has 0 spiro atoms. The van der Waals surface area contributed by atoms with Crippen LogP contribution in [0.4, 0.5) is 0 Å². The quantitative estimate of drug-likeness (QED) is 0.851. The predicted octanol–water partition coefficient (Wildman–Crippen LogP) is 3.43. The van der Waals surface area contributed by atoms with Crippen LogP contribution in [-0.2, 0) is 16.6 Å². The molecule has 2 nitrogen and oxygen atoms in total. The fourth-order valence-electron chi connectivity index (χ4n) is 2.03. The Labute approximate surface area is 111 Å². The number of carbonyl (C=O) groups is 1. The van der Waals surface area contributed by atoms with Crippen LogP contribution in [0.1, 0.15) is 51.7 Å². The smallest absolute Gasteiger partial charge is 0.217 e. The summed E-state index contributed by atoms with van der Waals surface area (Å²) in [5.74, 6) is 0.162. The summed E-state index contributed by atoms with van der Waals surface area (Å²) in [4.78, 5) is 10.8. The lowest BCUT2D eigenvalue weighted by Crippen LogP contribution is -2.15. The standard InChI is InChI=1S/C16H25NO/c1-12(11-15(17)18)5-6-13-7-9-14(10-8-13)16(2,3)4/h7-10,12H,5-6,11H2,1-4H3,(H2,17,18). The molecule has 1 atom stereocenters. The Hall–Kier alpha value is -1.31.